The minimum Gasteiger partial charge on any atom is -0.373 e. The number of nitrogens with zero attached hydrogens (tertiary/aromatic N) is 3. The van der Waals surface area contributed by atoms with Gasteiger partial charge in [0.15, 0.2) is 5.16 Å². The van der Waals surface area contributed by atoms with Gasteiger partial charge in [-0.2, -0.15) is 11.8 Å². The molecule has 0 amide bonds. The Morgan fingerprint density at radius 3 is 3.00 bits per heavy atom. The molecule has 1 aromatic rings. The smallest absolute Gasteiger partial charge is 0.191 e. The third kappa shape index (κ3) is 3.19. The highest BCUT2D eigenvalue weighted by Crippen LogP contribution is 2.25. The number of hydrogen-bond acceptors (Lipinski definition) is 6. The topological polar surface area (TPSA) is 41.0 Å². The summed E-state index contributed by atoms with van der Waals surface area (Å²) in [4.78, 5) is 11.3. The molecule has 4 nitrogen and oxygen atoms in total. The van der Waals surface area contributed by atoms with Crippen LogP contribution in [0.3, 0.4) is 0 Å². The van der Waals surface area contributed by atoms with Crippen LogP contribution in [-0.4, -0.2) is 47.4 Å². The highest BCUT2D eigenvalue weighted by Gasteiger charge is 2.19. The van der Waals surface area contributed by atoms with Crippen molar-refractivity contribution in [1.29, 1.82) is 0 Å². The minimum absolute atomic E-state index is 0.675. The van der Waals surface area contributed by atoms with Crippen LogP contribution in [-0.2, 0) is 0 Å². The summed E-state index contributed by atoms with van der Waals surface area (Å²) >= 11 is 3.61. The second-order valence-electron chi connectivity index (χ2n) is 3.98. The van der Waals surface area contributed by atoms with E-state index < -0.39 is 0 Å². The summed E-state index contributed by atoms with van der Waals surface area (Å²) in [6.45, 7) is 4.41. The fraction of sp³-hybridized carbons (Fsp3) is 0.636. The highest BCUT2D eigenvalue weighted by molar-refractivity contribution is 8.00. The molecule has 1 atom stereocenters. The second kappa shape index (κ2) is 5.82. The molecule has 1 saturated heterocycles. The predicted octanol–water partition coefficient (Wildman–Crippen LogP) is 2.18. The van der Waals surface area contributed by atoms with Crippen molar-refractivity contribution in [2.45, 2.75) is 17.3 Å². The van der Waals surface area contributed by atoms with Crippen molar-refractivity contribution in [1.82, 2.24) is 9.97 Å². The molecule has 1 unspecified atom stereocenters. The number of anilines is 2. The van der Waals surface area contributed by atoms with Gasteiger partial charge in [0.1, 0.15) is 11.6 Å². The molecule has 17 heavy (non-hydrogen) atoms. The first-order valence-corrected chi connectivity index (χ1v) is 7.97. The Morgan fingerprint density at radius 1 is 1.53 bits per heavy atom. The van der Waals surface area contributed by atoms with E-state index in [1.54, 1.807) is 11.8 Å². The number of hydrogen-bond donors (Lipinski definition) is 1. The van der Waals surface area contributed by atoms with E-state index in [4.69, 9.17) is 0 Å². The fourth-order valence-electron chi connectivity index (χ4n) is 1.82. The average molecular weight is 270 g/mol. The number of nitrogens with one attached hydrogen (secondary N) is 1. The molecular weight excluding hydrogens is 252 g/mol. The van der Waals surface area contributed by atoms with Gasteiger partial charge in [-0.25, -0.2) is 9.97 Å². The molecule has 0 spiro atoms. The Kier molecular flexibility index (Phi) is 4.39. The first-order valence-electron chi connectivity index (χ1n) is 5.70. The summed E-state index contributed by atoms with van der Waals surface area (Å²) in [7, 11) is 1.89. The van der Waals surface area contributed by atoms with Crippen LogP contribution in [0.25, 0.3) is 0 Å². The molecule has 1 N–H and O–H groups in total. The lowest BCUT2D eigenvalue weighted by atomic mass is 10.3. The van der Waals surface area contributed by atoms with Crippen molar-refractivity contribution >= 4 is 35.2 Å². The molecule has 2 heterocycles. The van der Waals surface area contributed by atoms with E-state index in [9.17, 15) is 0 Å². The van der Waals surface area contributed by atoms with E-state index in [0.29, 0.717) is 5.25 Å². The lowest BCUT2D eigenvalue weighted by molar-refractivity contribution is 0.758. The number of thioether (sulfide) groups is 2. The summed E-state index contributed by atoms with van der Waals surface area (Å²) in [5, 5.41) is 4.60. The van der Waals surface area contributed by atoms with Crippen molar-refractivity contribution in [3.63, 3.8) is 0 Å². The van der Waals surface area contributed by atoms with Gasteiger partial charge in [-0.3, -0.25) is 0 Å². The van der Waals surface area contributed by atoms with Crippen molar-refractivity contribution in [3.05, 3.63) is 6.07 Å². The van der Waals surface area contributed by atoms with Crippen LogP contribution in [0.2, 0.25) is 0 Å². The first-order chi connectivity index (χ1) is 8.22. The predicted molar refractivity (Wildman–Crippen MR) is 77.5 cm³/mol. The highest BCUT2D eigenvalue weighted by atomic mass is 32.2. The molecule has 1 aromatic heterocycles. The molecule has 1 aliphatic rings. The lowest BCUT2D eigenvalue weighted by Gasteiger charge is -2.31. The van der Waals surface area contributed by atoms with Crippen LogP contribution in [0.1, 0.15) is 6.92 Å². The number of aromatic nitrogens is 2. The maximum absolute atomic E-state index is 4.59. The van der Waals surface area contributed by atoms with Crippen LogP contribution in [0.15, 0.2) is 11.2 Å². The van der Waals surface area contributed by atoms with Gasteiger partial charge >= 0.3 is 0 Å². The lowest BCUT2D eigenvalue weighted by Crippen LogP contribution is -2.37. The second-order valence-corrected chi connectivity index (χ2v) is 6.30. The van der Waals surface area contributed by atoms with Crippen LogP contribution >= 0.6 is 23.5 Å². The molecule has 0 aliphatic carbocycles. The summed E-state index contributed by atoms with van der Waals surface area (Å²) in [6.07, 6.45) is 2.01. The Labute approximate surface area is 111 Å². The van der Waals surface area contributed by atoms with Crippen LogP contribution in [0.4, 0.5) is 11.6 Å². The maximum atomic E-state index is 4.59. The Bertz CT molecular complexity index is 363. The zero-order chi connectivity index (χ0) is 12.3. The largest absolute Gasteiger partial charge is 0.373 e. The monoisotopic (exact) mass is 270 g/mol. The van der Waals surface area contributed by atoms with E-state index in [1.165, 1.54) is 5.75 Å². The quantitative estimate of drug-likeness (QED) is 0.671. The van der Waals surface area contributed by atoms with E-state index in [-0.39, 0.29) is 0 Å². The zero-order valence-corrected chi connectivity index (χ0v) is 12.1. The van der Waals surface area contributed by atoms with E-state index >= 15 is 0 Å². The summed E-state index contributed by atoms with van der Waals surface area (Å²) < 4.78 is 0. The Balaban J connectivity index is 2.23. The van der Waals surface area contributed by atoms with Gasteiger partial charge in [0, 0.05) is 37.2 Å². The molecule has 0 aromatic carbocycles. The number of rotatable bonds is 3. The van der Waals surface area contributed by atoms with Crippen LogP contribution in [0.5, 0.6) is 0 Å². The van der Waals surface area contributed by atoms with Crippen molar-refractivity contribution in [3.8, 4) is 0 Å². The normalized spacial score (nSPS) is 20.4. The van der Waals surface area contributed by atoms with Crippen LogP contribution < -0.4 is 10.2 Å². The van der Waals surface area contributed by atoms with Gasteiger partial charge in [-0.1, -0.05) is 18.7 Å². The third-order valence-corrected chi connectivity index (χ3v) is 4.38. The fourth-order valence-corrected chi connectivity index (χ4v) is 3.21. The molecule has 0 saturated carbocycles. The summed E-state index contributed by atoms with van der Waals surface area (Å²) in [6, 6.07) is 2.03. The minimum atomic E-state index is 0.675. The first kappa shape index (κ1) is 12.8. The molecule has 6 heteroatoms. The molecule has 94 valence electrons. The van der Waals surface area contributed by atoms with Gasteiger partial charge in [-0.05, 0) is 6.26 Å². The van der Waals surface area contributed by atoms with Crippen molar-refractivity contribution in [2.24, 2.45) is 0 Å². The van der Waals surface area contributed by atoms with E-state index in [0.717, 1.165) is 29.9 Å². The van der Waals surface area contributed by atoms with Gasteiger partial charge in [0.05, 0.1) is 0 Å². The maximum Gasteiger partial charge on any atom is 0.191 e. The molecular formula is C11H18N4S2. The molecule has 2 rings (SSSR count). The van der Waals surface area contributed by atoms with Gasteiger partial charge in [-0.15, -0.1) is 0 Å². The molecule has 1 aliphatic heterocycles. The van der Waals surface area contributed by atoms with Crippen molar-refractivity contribution < 1.29 is 0 Å². The van der Waals surface area contributed by atoms with Crippen molar-refractivity contribution in [2.75, 3.05) is 42.4 Å². The zero-order valence-electron chi connectivity index (χ0n) is 10.4. The molecule has 1 fully saturated rings. The molecule has 0 bridgehead atoms. The standard InChI is InChI=1S/C11H18N4S2/c1-8-7-15(4-5-17-8)10-6-9(12-2)13-11(14-10)16-3/h6,8H,4-5,7H2,1-3H3,(H,12,13,14). The van der Waals surface area contributed by atoms with Crippen LogP contribution in [0, 0.1) is 0 Å². The third-order valence-electron chi connectivity index (χ3n) is 2.70. The van der Waals surface area contributed by atoms with Gasteiger partial charge in [0.25, 0.3) is 0 Å². The van der Waals surface area contributed by atoms with E-state index in [2.05, 4.69) is 27.1 Å². The average Bonchev–Trinajstić information content (AvgIpc) is 2.38. The SMILES string of the molecule is CNc1cc(N2CCSC(C)C2)nc(SC)n1. The molecule has 0 radical (unpaired) electrons. The Hall–Kier alpha value is -0.620. The van der Waals surface area contributed by atoms with E-state index in [1.807, 2.05) is 31.1 Å². The van der Waals surface area contributed by atoms with Gasteiger partial charge < -0.3 is 10.2 Å². The summed E-state index contributed by atoms with van der Waals surface area (Å²) in [5.41, 5.74) is 0. The summed E-state index contributed by atoms with van der Waals surface area (Å²) in [5.74, 6) is 3.11. The Morgan fingerprint density at radius 2 is 2.35 bits per heavy atom. The van der Waals surface area contributed by atoms with Gasteiger partial charge in [0.2, 0.25) is 0 Å².